The molecule has 106 valence electrons. The Morgan fingerprint density at radius 1 is 0.905 bits per heavy atom. The molecule has 0 fully saturated rings. The van der Waals surface area contributed by atoms with Crippen LogP contribution in [0.3, 0.4) is 0 Å². The van der Waals surface area contributed by atoms with Crippen LogP contribution in [0.15, 0.2) is 72.9 Å². The first-order chi connectivity index (χ1) is 10.1. The molecule has 0 saturated carbocycles. The van der Waals surface area contributed by atoms with Gasteiger partial charge in [-0.1, -0.05) is 67.2 Å². The van der Waals surface area contributed by atoms with E-state index in [1.165, 1.54) is 0 Å². The van der Waals surface area contributed by atoms with Crippen LogP contribution in [0.5, 0.6) is 0 Å². The Bertz CT molecular complexity index is 611. The van der Waals surface area contributed by atoms with Crippen LogP contribution in [0.4, 0.5) is 0 Å². The normalized spacial score (nSPS) is 10.1. The van der Waals surface area contributed by atoms with Gasteiger partial charge in [0.05, 0.1) is 5.92 Å². The third kappa shape index (κ3) is 3.57. The lowest BCUT2D eigenvalue weighted by Crippen LogP contribution is -2.31. The molecule has 2 aromatic rings. The topological polar surface area (TPSA) is 66.4 Å². The van der Waals surface area contributed by atoms with Crippen molar-refractivity contribution in [3.63, 3.8) is 0 Å². The molecule has 4 heteroatoms. The molecule has 0 aliphatic heterocycles. The van der Waals surface area contributed by atoms with E-state index in [2.05, 4.69) is 11.9 Å². The van der Waals surface area contributed by atoms with Gasteiger partial charge in [0.2, 0.25) is 5.91 Å². The molecule has 0 aliphatic rings. The Labute approximate surface area is 122 Å². The minimum atomic E-state index is -1.25. The maximum atomic E-state index is 12.4. The molecule has 0 saturated heterocycles. The highest BCUT2D eigenvalue weighted by Crippen LogP contribution is 2.24. The molecule has 0 bridgehead atoms. The highest BCUT2D eigenvalue weighted by Gasteiger charge is 2.23. The van der Waals surface area contributed by atoms with Gasteiger partial charge >= 0.3 is 5.97 Å². The van der Waals surface area contributed by atoms with Crippen molar-refractivity contribution in [2.24, 2.45) is 0 Å². The molecule has 0 heterocycles. The number of carbonyl (C=O) groups excluding carboxylic acids is 1. The third-order valence-corrected chi connectivity index (χ3v) is 3.06. The fourth-order valence-corrected chi connectivity index (χ4v) is 2.06. The van der Waals surface area contributed by atoms with Crippen molar-refractivity contribution >= 4 is 11.9 Å². The summed E-state index contributed by atoms with van der Waals surface area (Å²) in [6, 6.07) is 18.4. The summed E-state index contributed by atoms with van der Waals surface area (Å²) >= 11 is 0. The van der Waals surface area contributed by atoms with Crippen LogP contribution in [-0.2, 0) is 9.59 Å². The highest BCUT2D eigenvalue weighted by atomic mass is 16.4. The molecular weight excluding hydrogens is 266 g/mol. The van der Waals surface area contributed by atoms with Crippen LogP contribution in [-0.4, -0.2) is 17.0 Å². The lowest BCUT2D eigenvalue weighted by molar-refractivity contribution is -0.134. The summed E-state index contributed by atoms with van der Waals surface area (Å²) in [6.07, 6.45) is 0. The number of rotatable bonds is 5. The Kier molecular flexibility index (Phi) is 4.51. The number of carbonyl (C=O) groups is 2. The molecule has 0 aromatic heterocycles. The first-order valence-corrected chi connectivity index (χ1v) is 6.42. The number of aliphatic carboxylic acids is 1. The third-order valence-electron chi connectivity index (χ3n) is 3.06. The van der Waals surface area contributed by atoms with Crippen molar-refractivity contribution in [1.29, 1.82) is 0 Å². The molecule has 1 amide bonds. The monoisotopic (exact) mass is 281 g/mol. The number of carboxylic acids is 1. The van der Waals surface area contributed by atoms with Crippen LogP contribution in [0.2, 0.25) is 0 Å². The average Bonchev–Trinajstić information content (AvgIpc) is 2.49. The molecule has 0 spiro atoms. The summed E-state index contributed by atoms with van der Waals surface area (Å²) < 4.78 is 0. The summed E-state index contributed by atoms with van der Waals surface area (Å²) in [5.41, 5.74) is 1.25. The van der Waals surface area contributed by atoms with Gasteiger partial charge in [-0.3, -0.25) is 4.79 Å². The van der Waals surface area contributed by atoms with Gasteiger partial charge in [0.1, 0.15) is 5.70 Å². The molecular formula is C17H15NO3. The van der Waals surface area contributed by atoms with E-state index in [1.54, 1.807) is 0 Å². The summed E-state index contributed by atoms with van der Waals surface area (Å²) in [4.78, 5) is 23.2. The van der Waals surface area contributed by atoms with E-state index in [0.29, 0.717) is 0 Å². The predicted octanol–water partition coefficient (Wildman–Crippen LogP) is 2.53. The van der Waals surface area contributed by atoms with Crippen molar-refractivity contribution in [2.45, 2.75) is 5.92 Å². The van der Waals surface area contributed by atoms with Gasteiger partial charge in [-0.15, -0.1) is 0 Å². The van der Waals surface area contributed by atoms with Gasteiger partial charge in [-0.25, -0.2) is 4.79 Å². The van der Waals surface area contributed by atoms with Crippen LogP contribution in [0.1, 0.15) is 17.0 Å². The molecule has 2 N–H and O–H groups in total. The number of benzene rings is 2. The van der Waals surface area contributed by atoms with Crippen LogP contribution >= 0.6 is 0 Å². The Hall–Kier alpha value is -2.88. The largest absolute Gasteiger partial charge is 0.477 e. The van der Waals surface area contributed by atoms with E-state index in [-0.39, 0.29) is 5.70 Å². The van der Waals surface area contributed by atoms with Crippen molar-refractivity contribution in [2.75, 3.05) is 0 Å². The van der Waals surface area contributed by atoms with Crippen molar-refractivity contribution in [3.8, 4) is 0 Å². The zero-order valence-corrected chi connectivity index (χ0v) is 11.3. The second kappa shape index (κ2) is 6.52. The number of carboxylic acid groups (broad SMARTS) is 1. The Morgan fingerprint density at radius 2 is 1.33 bits per heavy atom. The summed E-state index contributed by atoms with van der Waals surface area (Å²) in [7, 11) is 0. The number of amides is 1. The van der Waals surface area contributed by atoms with Gasteiger partial charge in [0, 0.05) is 0 Å². The molecule has 2 aromatic carbocycles. The number of nitrogens with one attached hydrogen (secondary N) is 1. The fourth-order valence-electron chi connectivity index (χ4n) is 2.06. The predicted molar refractivity (Wildman–Crippen MR) is 79.6 cm³/mol. The molecule has 0 aliphatic carbocycles. The van der Waals surface area contributed by atoms with E-state index in [4.69, 9.17) is 5.11 Å². The van der Waals surface area contributed by atoms with Crippen molar-refractivity contribution < 1.29 is 14.7 Å². The maximum absolute atomic E-state index is 12.4. The van der Waals surface area contributed by atoms with E-state index in [1.807, 2.05) is 60.7 Å². The molecule has 21 heavy (non-hydrogen) atoms. The van der Waals surface area contributed by atoms with E-state index in [0.717, 1.165) is 11.1 Å². The Balaban J connectivity index is 2.35. The van der Waals surface area contributed by atoms with Gasteiger partial charge in [0.15, 0.2) is 0 Å². The van der Waals surface area contributed by atoms with Gasteiger partial charge < -0.3 is 10.4 Å². The minimum absolute atomic E-state index is 0.336. The zero-order chi connectivity index (χ0) is 15.2. The molecule has 0 unspecified atom stereocenters. The highest BCUT2D eigenvalue weighted by molar-refractivity contribution is 5.95. The molecule has 4 nitrogen and oxygen atoms in total. The van der Waals surface area contributed by atoms with Crippen LogP contribution in [0, 0.1) is 0 Å². The zero-order valence-electron chi connectivity index (χ0n) is 11.3. The Morgan fingerprint density at radius 3 is 1.71 bits per heavy atom. The minimum Gasteiger partial charge on any atom is -0.477 e. The van der Waals surface area contributed by atoms with Gasteiger partial charge in [-0.05, 0) is 11.1 Å². The average molecular weight is 281 g/mol. The summed E-state index contributed by atoms with van der Waals surface area (Å²) in [5, 5.41) is 11.2. The van der Waals surface area contributed by atoms with Gasteiger partial charge in [0.25, 0.3) is 0 Å². The smallest absolute Gasteiger partial charge is 0.351 e. The molecule has 0 radical (unpaired) electrons. The van der Waals surface area contributed by atoms with Crippen molar-refractivity contribution in [3.05, 3.63) is 84.1 Å². The molecule has 2 rings (SSSR count). The number of hydrogen-bond acceptors (Lipinski definition) is 2. The second-order valence-electron chi connectivity index (χ2n) is 4.53. The van der Waals surface area contributed by atoms with Crippen LogP contribution < -0.4 is 5.32 Å². The fraction of sp³-hybridized carbons (Fsp3) is 0.0588. The second-order valence-corrected chi connectivity index (χ2v) is 4.53. The number of hydrogen-bond donors (Lipinski definition) is 2. The van der Waals surface area contributed by atoms with Gasteiger partial charge in [-0.2, -0.15) is 0 Å². The summed E-state index contributed by atoms with van der Waals surface area (Å²) in [5.74, 6) is -2.24. The maximum Gasteiger partial charge on any atom is 0.351 e. The van der Waals surface area contributed by atoms with E-state index >= 15 is 0 Å². The summed E-state index contributed by atoms with van der Waals surface area (Å²) in [6.45, 7) is 3.33. The first kappa shape index (κ1) is 14.5. The van der Waals surface area contributed by atoms with Crippen LogP contribution in [0.25, 0.3) is 0 Å². The van der Waals surface area contributed by atoms with E-state index < -0.39 is 17.8 Å². The lowest BCUT2D eigenvalue weighted by atomic mass is 9.90. The standard InChI is InChI=1S/C17H15NO3/c1-12(17(20)21)18-16(19)15(13-8-4-2-5-9-13)14-10-6-3-7-11-14/h2-11,15H,1H2,(H,18,19)(H,20,21). The first-order valence-electron chi connectivity index (χ1n) is 6.42. The van der Waals surface area contributed by atoms with E-state index in [9.17, 15) is 9.59 Å². The quantitative estimate of drug-likeness (QED) is 0.828. The van der Waals surface area contributed by atoms with Crippen molar-refractivity contribution in [1.82, 2.24) is 5.32 Å². The SMILES string of the molecule is C=C(NC(=O)C(c1ccccc1)c1ccccc1)C(=O)O. The lowest BCUT2D eigenvalue weighted by Gasteiger charge is -2.17. The molecule has 0 atom stereocenters.